The number of halogens is 2. The Bertz CT molecular complexity index is 479. The fourth-order valence-corrected chi connectivity index (χ4v) is 1.94. The standard InChI is InChI=1S/C12H13F2NO3/c1-6-10(2-3-18-6)15-11-4-7(12(16)17)8(13)5-9(11)14/h4-6,10,15H,2-3H2,1H3,(H,16,17). The molecular weight excluding hydrogens is 244 g/mol. The molecule has 6 heteroatoms. The molecule has 2 N–H and O–H groups in total. The summed E-state index contributed by atoms with van der Waals surface area (Å²) in [5.74, 6) is -3.32. The molecule has 1 heterocycles. The average Bonchev–Trinajstić information content (AvgIpc) is 2.67. The lowest BCUT2D eigenvalue weighted by molar-refractivity contribution is 0.0692. The van der Waals surface area contributed by atoms with Crippen LogP contribution < -0.4 is 5.32 Å². The Morgan fingerprint density at radius 3 is 2.72 bits per heavy atom. The lowest BCUT2D eigenvalue weighted by Crippen LogP contribution is -2.27. The van der Waals surface area contributed by atoms with Crippen LogP contribution in [0.2, 0.25) is 0 Å². The van der Waals surface area contributed by atoms with Crippen molar-refractivity contribution < 1.29 is 23.4 Å². The van der Waals surface area contributed by atoms with E-state index in [1.54, 1.807) is 0 Å². The maximum absolute atomic E-state index is 13.5. The Labute approximate surface area is 103 Å². The van der Waals surface area contributed by atoms with Crippen LogP contribution in [0.1, 0.15) is 23.7 Å². The maximum atomic E-state index is 13.5. The SMILES string of the molecule is CC1OCCC1Nc1cc(C(=O)O)c(F)cc1F. The van der Waals surface area contributed by atoms with E-state index in [9.17, 15) is 13.6 Å². The van der Waals surface area contributed by atoms with E-state index in [2.05, 4.69) is 5.32 Å². The lowest BCUT2D eigenvalue weighted by Gasteiger charge is -2.18. The van der Waals surface area contributed by atoms with Gasteiger partial charge in [-0.05, 0) is 19.4 Å². The second kappa shape index (κ2) is 4.89. The van der Waals surface area contributed by atoms with Crippen molar-refractivity contribution in [2.24, 2.45) is 0 Å². The Morgan fingerprint density at radius 2 is 2.17 bits per heavy atom. The molecule has 1 saturated heterocycles. The van der Waals surface area contributed by atoms with Gasteiger partial charge >= 0.3 is 5.97 Å². The van der Waals surface area contributed by atoms with Gasteiger partial charge in [-0.1, -0.05) is 0 Å². The fraction of sp³-hybridized carbons (Fsp3) is 0.417. The number of anilines is 1. The summed E-state index contributed by atoms with van der Waals surface area (Å²) in [7, 11) is 0. The molecule has 0 bridgehead atoms. The number of carbonyl (C=O) groups is 1. The molecule has 1 aliphatic rings. The highest BCUT2D eigenvalue weighted by molar-refractivity contribution is 5.89. The van der Waals surface area contributed by atoms with Crippen LogP contribution in [-0.4, -0.2) is 29.8 Å². The van der Waals surface area contributed by atoms with Crippen molar-refractivity contribution in [1.82, 2.24) is 0 Å². The first-order valence-corrected chi connectivity index (χ1v) is 5.59. The highest BCUT2D eigenvalue weighted by Crippen LogP contribution is 2.24. The summed E-state index contributed by atoms with van der Waals surface area (Å²) in [5, 5.41) is 11.6. The van der Waals surface area contributed by atoms with Gasteiger partial charge in [0.15, 0.2) is 0 Å². The zero-order valence-corrected chi connectivity index (χ0v) is 9.74. The number of ether oxygens (including phenoxy) is 1. The van der Waals surface area contributed by atoms with Gasteiger partial charge < -0.3 is 15.2 Å². The molecule has 18 heavy (non-hydrogen) atoms. The van der Waals surface area contributed by atoms with E-state index in [0.717, 1.165) is 6.07 Å². The fourth-order valence-electron chi connectivity index (χ4n) is 1.94. The molecule has 0 amide bonds. The van der Waals surface area contributed by atoms with Gasteiger partial charge in [-0.15, -0.1) is 0 Å². The second-order valence-electron chi connectivity index (χ2n) is 4.23. The van der Waals surface area contributed by atoms with E-state index < -0.39 is 23.2 Å². The summed E-state index contributed by atoms with van der Waals surface area (Å²) >= 11 is 0. The molecular formula is C12H13F2NO3. The number of hydrogen-bond donors (Lipinski definition) is 2. The zero-order valence-electron chi connectivity index (χ0n) is 9.74. The largest absolute Gasteiger partial charge is 0.478 e. The third-order valence-corrected chi connectivity index (χ3v) is 3.00. The zero-order chi connectivity index (χ0) is 13.3. The topological polar surface area (TPSA) is 58.6 Å². The maximum Gasteiger partial charge on any atom is 0.338 e. The van der Waals surface area contributed by atoms with Gasteiger partial charge in [0.05, 0.1) is 23.4 Å². The van der Waals surface area contributed by atoms with Crippen LogP contribution in [0, 0.1) is 11.6 Å². The number of rotatable bonds is 3. The summed E-state index contributed by atoms with van der Waals surface area (Å²) in [6, 6.07) is 1.44. The number of nitrogens with one attached hydrogen (secondary N) is 1. The highest BCUT2D eigenvalue weighted by atomic mass is 19.1. The minimum Gasteiger partial charge on any atom is -0.478 e. The van der Waals surface area contributed by atoms with Crippen molar-refractivity contribution in [2.45, 2.75) is 25.5 Å². The van der Waals surface area contributed by atoms with Crippen molar-refractivity contribution in [3.63, 3.8) is 0 Å². The first-order chi connectivity index (χ1) is 8.49. The third kappa shape index (κ3) is 2.43. The van der Waals surface area contributed by atoms with E-state index in [1.165, 1.54) is 0 Å². The Kier molecular flexibility index (Phi) is 3.47. The Morgan fingerprint density at radius 1 is 1.44 bits per heavy atom. The first-order valence-electron chi connectivity index (χ1n) is 5.59. The van der Waals surface area contributed by atoms with Crippen LogP contribution >= 0.6 is 0 Å². The molecule has 2 rings (SSSR count). The molecule has 1 fully saturated rings. The molecule has 98 valence electrons. The van der Waals surface area contributed by atoms with Crippen molar-refractivity contribution in [2.75, 3.05) is 11.9 Å². The van der Waals surface area contributed by atoms with Gasteiger partial charge in [-0.3, -0.25) is 0 Å². The quantitative estimate of drug-likeness (QED) is 0.872. The van der Waals surface area contributed by atoms with E-state index in [4.69, 9.17) is 9.84 Å². The van der Waals surface area contributed by atoms with E-state index in [0.29, 0.717) is 19.1 Å². The summed E-state index contributed by atoms with van der Waals surface area (Å²) in [4.78, 5) is 10.8. The van der Waals surface area contributed by atoms with Crippen molar-refractivity contribution >= 4 is 11.7 Å². The predicted molar refractivity (Wildman–Crippen MR) is 60.8 cm³/mol. The number of hydrogen-bond acceptors (Lipinski definition) is 3. The van der Waals surface area contributed by atoms with Crippen LogP contribution in [0.5, 0.6) is 0 Å². The molecule has 4 nitrogen and oxygen atoms in total. The summed E-state index contributed by atoms with van der Waals surface area (Å²) in [6.45, 7) is 2.40. The lowest BCUT2D eigenvalue weighted by atomic mass is 10.1. The summed E-state index contributed by atoms with van der Waals surface area (Å²) in [6.07, 6.45) is 0.600. The predicted octanol–water partition coefficient (Wildman–Crippen LogP) is 2.25. The van der Waals surface area contributed by atoms with Gasteiger partial charge in [0.25, 0.3) is 0 Å². The minimum absolute atomic E-state index is 0.0175. The van der Waals surface area contributed by atoms with Crippen LogP contribution in [0.3, 0.4) is 0 Å². The van der Waals surface area contributed by atoms with E-state index in [1.807, 2.05) is 6.92 Å². The molecule has 0 aromatic heterocycles. The Balaban J connectivity index is 2.27. The summed E-state index contributed by atoms with van der Waals surface area (Å²) < 4.78 is 32.0. The molecule has 2 unspecified atom stereocenters. The van der Waals surface area contributed by atoms with E-state index >= 15 is 0 Å². The molecule has 0 radical (unpaired) electrons. The van der Waals surface area contributed by atoms with Crippen LogP contribution in [-0.2, 0) is 4.74 Å². The van der Waals surface area contributed by atoms with Gasteiger partial charge in [-0.2, -0.15) is 0 Å². The van der Waals surface area contributed by atoms with Crippen molar-refractivity contribution in [3.05, 3.63) is 29.3 Å². The van der Waals surface area contributed by atoms with Crippen LogP contribution in [0.15, 0.2) is 12.1 Å². The van der Waals surface area contributed by atoms with Crippen molar-refractivity contribution in [1.29, 1.82) is 0 Å². The molecule has 0 spiro atoms. The third-order valence-electron chi connectivity index (χ3n) is 3.00. The highest BCUT2D eigenvalue weighted by Gasteiger charge is 2.25. The number of aromatic carboxylic acids is 1. The minimum atomic E-state index is -1.42. The van der Waals surface area contributed by atoms with Gasteiger partial charge in [0, 0.05) is 12.7 Å². The normalized spacial score (nSPS) is 23.1. The smallest absolute Gasteiger partial charge is 0.338 e. The molecule has 1 aliphatic heterocycles. The number of benzene rings is 1. The van der Waals surface area contributed by atoms with Crippen LogP contribution in [0.4, 0.5) is 14.5 Å². The Hall–Kier alpha value is -1.69. The number of carboxylic acids is 1. The summed E-state index contributed by atoms with van der Waals surface area (Å²) in [5.41, 5.74) is -0.568. The number of carboxylic acid groups (broad SMARTS) is 1. The van der Waals surface area contributed by atoms with E-state index in [-0.39, 0.29) is 17.8 Å². The van der Waals surface area contributed by atoms with Crippen LogP contribution in [0.25, 0.3) is 0 Å². The molecule has 0 aliphatic carbocycles. The van der Waals surface area contributed by atoms with Crippen molar-refractivity contribution in [3.8, 4) is 0 Å². The monoisotopic (exact) mass is 257 g/mol. The molecule has 0 saturated carbocycles. The van der Waals surface area contributed by atoms with Gasteiger partial charge in [0.1, 0.15) is 11.6 Å². The molecule has 1 aromatic rings. The van der Waals surface area contributed by atoms with Gasteiger partial charge in [0.2, 0.25) is 0 Å². The second-order valence-corrected chi connectivity index (χ2v) is 4.23. The first kappa shape index (κ1) is 12.8. The molecule has 2 atom stereocenters. The average molecular weight is 257 g/mol. The molecule has 1 aromatic carbocycles. The van der Waals surface area contributed by atoms with Gasteiger partial charge in [-0.25, -0.2) is 13.6 Å².